The Bertz CT molecular complexity index is 1940. The number of hydrogen-bond donors (Lipinski definition) is 0. The van der Waals surface area contributed by atoms with Gasteiger partial charge in [0, 0.05) is 32.7 Å². The van der Waals surface area contributed by atoms with Crippen LogP contribution in [0.2, 0.25) is 0 Å². The van der Waals surface area contributed by atoms with Gasteiger partial charge < -0.3 is 8.83 Å². The van der Waals surface area contributed by atoms with E-state index in [1.54, 1.807) is 0 Å². The van der Waals surface area contributed by atoms with Crippen molar-refractivity contribution in [2.24, 2.45) is 0 Å². The summed E-state index contributed by atoms with van der Waals surface area (Å²) in [7, 11) is 0. The predicted octanol–water partition coefficient (Wildman–Crippen LogP) is 9.77. The Balaban J connectivity index is 1.57. The van der Waals surface area contributed by atoms with E-state index in [0.717, 1.165) is 28.2 Å². The Kier molecular flexibility index (Phi) is 3.78. The quantitative estimate of drug-likeness (QED) is 0.234. The van der Waals surface area contributed by atoms with Crippen molar-refractivity contribution in [2.75, 3.05) is 0 Å². The van der Waals surface area contributed by atoms with Crippen LogP contribution in [-0.2, 0) is 10.8 Å². The second-order valence-electron chi connectivity index (χ2n) is 11.8. The standard InChI is InChI=1S/C35H28O2/c1-19-14-17-26(36-19)20-15-16-22-25(18-20)35(4,5)31-28(22)29-23-11-7-9-13-27(23)37-33(29)30-21-10-6-8-12-24(21)34(2,3)32(30)31/h6-18H,1-5H3. The molecule has 0 N–H and O–H groups in total. The molecule has 180 valence electrons. The molecule has 8 rings (SSSR count). The van der Waals surface area contributed by atoms with Crippen LogP contribution in [0.5, 0.6) is 0 Å². The van der Waals surface area contributed by atoms with Crippen LogP contribution in [0.1, 0.15) is 55.7 Å². The Labute approximate surface area is 216 Å². The van der Waals surface area contributed by atoms with E-state index in [0.29, 0.717) is 0 Å². The number of para-hydroxylation sites is 1. The molecule has 6 aromatic rings. The molecule has 0 unspecified atom stereocenters. The third-order valence-electron chi connectivity index (χ3n) is 8.93. The van der Waals surface area contributed by atoms with Crippen molar-refractivity contribution in [1.82, 2.24) is 0 Å². The maximum absolute atomic E-state index is 6.73. The molecule has 0 aliphatic heterocycles. The van der Waals surface area contributed by atoms with E-state index in [1.165, 1.54) is 55.3 Å². The third kappa shape index (κ3) is 2.46. The van der Waals surface area contributed by atoms with Crippen LogP contribution in [-0.4, -0.2) is 0 Å². The molecule has 2 heterocycles. The Morgan fingerprint density at radius 1 is 0.622 bits per heavy atom. The summed E-state index contributed by atoms with van der Waals surface area (Å²) in [5.74, 6) is 1.85. The number of benzene rings is 4. The van der Waals surface area contributed by atoms with E-state index < -0.39 is 0 Å². The summed E-state index contributed by atoms with van der Waals surface area (Å²) in [6, 6.07) is 28.4. The van der Waals surface area contributed by atoms with Gasteiger partial charge in [0.15, 0.2) is 0 Å². The van der Waals surface area contributed by atoms with Crippen molar-refractivity contribution in [1.29, 1.82) is 0 Å². The minimum Gasteiger partial charge on any atom is -0.461 e. The fraction of sp³-hybridized carbons (Fsp3) is 0.200. The van der Waals surface area contributed by atoms with Crippen molar-refractivity contribution >= 4 is 21.9 Å². The van der Waals surface area contributed by atoms with Crippen LogP contribution in [0, 0.1) is 6.92 Å². The van der Waals surface area contributed by atoms with E-state index in [1.807, 2.05) is 13.0 Å². The molecule has 0 saturated carbocycles. The average molecular weight is 481 g/mol. The van der Waals surface area contributed by atoms with Gasteiger partial charge in [-0.1, -0.05) is 82.3 Å². The number of rotatable bonds is 1. The zero-order valence-corrected chi connectivity index (χ0v) is 21.8. The number of hydrogen-bond acceptors (Lipinski definition) is 2. The molecule has 0 amide bonds. The van der Waals surface area contributed by atoms with Gasteiger partial charge in [-0.05, 0) is 70.1 Å². The van der Waals surface area contributed by atoms with Crippen LogP contribution >= 0.6 is 0 Å². The van der Waals surface area contributed by atoms with Gasteiger partial charge in [-0.15, -0.1) is 0 Å². The summed E-state index contributed by atoms with van der Waals surface area (Å²) in [6.07, 6.45) is 0. The molecule has 2 heteroatoms. The maximum Gasteiger partial charge on any atom is 0.144 e. The first kappa shape index (κ1) is 21.1. The van der Waals surface area contributed by atoms with Gasteiger partial charge in [0.1, 0.15) is 22.7 Å². The minimum absolute atomic E-state index is 0.135. The highest BCUT2D eigenvalue weighted by molar-refractivity contribution is 6.20. The number of aryl methyl sites for hydroxylation is 1. The van der Waals surface area contributed by atoms with Gasteiger partial charge in [0.25, 0.3) is 0 Å². The van der Waals surface area contributed by atoms with Gasteiger partial charge in [-0.3, -0.25) is 0 Å². The predicted molar refractivity (Wildman–Crippen MR) is 151 cm³/mol. The smallest absolute Gasteiger partial charge is 0.144 e. The van der Waals surface area contributed by atoms with Crippen LogP contribution in [0.3, 0.4) is 0 Å². The molecule has 0 spiro atoms. The highest BCUT2D eigenvalue weighted by Crippen LogP contribution is 2.63. The molecule has 0 saturated heterocycles. The third-order valence-corrected chi connectivity index (χ3v) is 8.93. The van der Waals surface area contributed by atoms with Gasteiger partial charge in [0.2, 0.25) is 0 Å². The van der Waals surface area contributed by atoms with Crippen molar-refractivity contribution in [3.63, 3.8) is 0 Å². The van der Waals surface area contributed by atoms with Gasteiger partial charge in [-0.2, -0.15) is 0 Å². The van der Waals surface area contributed by atoms with E-state index in [9.17, 15) is 0 Å². The van der Waals surface area contributed by atoms with Crippen LogP contribution in [0.15, 0.2) is 87.7 Å². The molecule has 2 aromatic heterocycles. The second-order valence-corrected chi connectivity index (χ2v) is 11.8. The highest BCUT2D eigenvalue weighted by Gasteiger charge is 2.48. The van der Waals surface area contributed by atoms with Crippen LogP contribution in [0.4, 0.5) is 0 Å². The maximum atomic E-state index is 6.73. The monoisotopic (exact) mass is 480 g/mol. The van der Waals surface area contributed by atoms with Crippen molar-refractivity contribution in [3.05, 3.63) is 107 Å². The summed E-state index contributed by atoms with van der Waals surface area (Å²) in [4.78, 5) is 0. The van der Waals surface area contributed by atoms with Gasteiger partial charge in [-0.25, -0.2) is 0 Å². The molecule has 2 nitrogen and oxygen atoms in total. The van der Waals surface area contributed by atoms with Crippen LogP contribution in [0.25, 0.3) is 55.5 Å². The van der Waals surface area contributed by atoms with Gasteiger partial charge in [0.05, 0.1) is 0 Å². The highest BCUT2D eigenvalue weighted by atomic mass is 16.3. The molecule has 0 bridgehead atoms. The summed E-state index contributed by atoms with van der Waals surface area (Å²) in [5, 5.41) is 2.43. The van der Waals surface area contributed by atoms with Gasteiger partial charge >= 0.3 is 0 Å². The largest absolute Gasteiger partial charge is 0.461 e. The molecule has 4 aromatic carbocycles. The average Bonchev–Trinajstić information content (AvgIpc) is 3.60. The number of furan rings is 2. The molecule has 0 fully saturated rings. The summed E-state index contributed by atoms with van der Waals surface area (Å²) >= 11 is 0. The van der Waals surface area contributed by atoms with E-state index in [2.05, 4.69) is 100 Å². The molecular formula is C35H28O2. The van der Waals surface area contributed by atoms with Crippen molar-refractivity contribution in [3.8, 4) is 33.6 Å². The summed E-state index contributed by atoms with van der Waals surface area (Å²) in [6.45, 7) is 11.5. The van der Waals surface area contributed by atoms with Crippen molar-refractivity contribution < 1.29 is 8.83 Å². The molecular weight excluding hydrogens is 452 g/mol. The lowest BCUT2D eigenvalue weighted by molar-refractivity contribution is 0.548. The lowest BCUT2D eigenvalue weighted by Crippen LogP contribution is -2.24. The Hall–Kier alpha value is -4.04. The normalized spacial score (nSPS) is 16.1. The summed E-state index contributed by atoms with van der Waals surface area (Å²) in [5.41, 5.74) is 13.5. The first-order valence-corrected chi connectivity index (χ1v) is 13.1. The first-order chi connectivity index (χ1) is 17.8. The van der Waals surface area contributed by atoms with E-state index in [-0.39, 0.29) is 10.8 Å². The zero-order chi connectivity index (χ0) is 25.3. The molecule has 0 radical (unpaired) electrons. The van der Waals surface area contributed by atoms with E-state index >= 15 is 0 Å². The fourth-order valence-electron chi connectivity index (χ4n) is 7.27. The lowest BCUT2D eigenvalue weighted by Gasteiger charge is -2.31. The Morgan fingerprint density at radius 2 is 1.32 bits per heavy atom. The lowest BCUT2D eigenvalue weighted by atomic mass is 9.72. The minimum atomic E-state index is -0.182. The first-order valence-electron chi connectivity index (χ1n) is 13.1. The van der Waals surface area contributed by atoms with Crippen LogP contribution < -0.4 is 0 Å². The van der Waals surface area contributed by atoms with Crippen molar-refractivity contribution in [2.45, 2.75) is 45.4 Å². The fourth-order valence-corrected chi connectivity index (χ4v) is 7.27. The molecule has 0 atom stereocenters. The molecule has 2 aliphatic rings. The van der Waals surface area contributed by atoms with E-state index in [4.69, 9.17) is 8.83 Å². The molecule has 2 aliphatic carbocycles. The zero-order valence-electron chi connectivity index (χ0n) is 21.8. The number of fused-ring (bicyclic) bond motifs is 12. The topological polar surface area (TPSA) is 26.3 Å². The molecule has 37 heavy (non-hydrogen) atoms. The Morgan fingerprint density at radius 3 is 2.14 bits per heavy atom. The SMILES string of the molecule is Cc1ccc(-c2ccc3c(c2)C(C)(C)c2c4c(c5oc6ccccc6c5c2-3)-c2ccccc2C4(C)C)o1. The second kappa shape index (κ2) is 6.63. The summed E-state index contributed by atoms with van der Waals surface area (Å²) < 4.78 is 12.8.